The molecule has 0 radical (unpaired) electrons. The van der Waals surface area contributed by atoms with Gasteiger partial charge in [-0.15, -0.1) is 0 Å². The first-order valence-corrected chi connectivity index (χ1v) is 9.55. The Labute approximate surface area is 164 Å². The molecule has 0 aliphatic carbocycles. The van der Waals surface area contributed by atoms with E-state index in [4.69, 9.17) is 9.47 Å². The van der Waals surface area contributed by atoms with Crippen LogP contribution in [-0.4, -0.2) is 36.3 Å². The third kappa shape index (κ3) is 3.78. The summed E-state index contributed by atoms with van der Waals surface area (Å²) in [5.74, 6) is 0.160. The van der Waals surface area contributed by atoms with E-state index in [1.165, 1.54) is 11.9 Å². The van der Waals surface area contributed by atoms with E-state index in [9.17, 15) is 4.39 Å². The van der Waals surface area contributed by atoms with Crippen molar-refractivity contribution in [3.63, 3.8) is 0 Å². The van der Waals surface area contributed by atoms with Gasteiger partial charge in [-0.25, -0.2) is 4.98 Å². The standard InChI is InChI=1S/C22H24FN3O2/c1-15-11-21(26-10-4-6-17(26)14-27-2)19-8-7-18(12-20(19)25-15)28-13-16-5-3-9-24-22(16)23/h3,5,7-9,11-12,17H,4,6,10,13-14H2,1-2H3/t17-/m0/s1. The third-order valence-electron chi connectivity index (χ3n) is 5.16. The molecular weight excluding hydrogens is 357 g/mol. The summed E-state index contributed by atoms with van der Waals surface area (Å²) in [6, 6.07) is 11.8. The smallest absolute Gasteiger partial charge is 0.219 e. The van der Waals surface area contributed by atoms with Gasteiger partial charge in [0.05, 0.1) is 18.2 Å². The maximum atomic E-state index is 13.7. The largest absolute Gasteiger partial charge is 0.489 e. The van der Waals surface area contributed by atoms with Crippen molar-refractivity contribution in [1.29, 1.82) is 0 Å². The van der Waals surface area contributed by atoms with Gasteiger partial charge in [0.2, 0.25) is 5.95 Å². The lowest BCUT2D eigenvalue weighted by atomic mass is 10.1. The molecule has 4 rings (SSSR count). The van der Waals surface area contributed by atoms with Crippen LogP contribution in [0, 0.1) is 12.9 Å². The summed E-state index contributed by atoms with van der Waals surface area (Å²) in [4.78, 5) is 10.8. The van der Waals surface area contributed by atoms with Gasteiger partial charge in [0.15, 0.2) is 0 Å². The van der Waals surface area contributed by atoms with Gasteiger partial charge in [-0.05, 0) is 50.1 Å². The Balaban J connectivity index is 1.62. The van der Waals surface area contributed by atoms with Crippen molar-refractivity contribution in [1.82, 2.24) is 9.97 Å². The Morgan fingerprint density at radius 3 is 2.96 bits per heavy atom. The summed E-state index contributed by atoms with van der Waals surface area (Å²) in [5.41, 5.74) is 3.45. The number of halogens is 1. The topological polar surface area (TPSA) is 47.5 Å². The molecular formula is C22H24FN3O2. The van der Waals surface area contributed by atoms with Crippen LogP contribution in [0.4, 0.5) is 10.1 Å². The molecule has 1 aromatic carbocycles. The Bertz CT molecular complexity index is 979. The number of anilines is 1. The van der Waals surface area contributed by atoms with Crippen molar-refractivity contribution < 1.29 is 13.9 Å². The lowest BCUT2D eigenvalue weighted by Gasteiger charge is -2.28. The van der Waals surface area contributed by atoms with E-state index in [0.717, 1.165) is 42.6 Å². The zero-order valence-electron chi connectivity index (χ0n) is 16.2. The monoisotopic (exact) mass is 381 g/mol. The van der Waals surface area contributed by atoms with Crippen molar-refractivity contribution in [2.45, 2.75) is 32.4 Å². The van der Waals surface area contributed by atoms with Crippen LogP contribution >= 0.6 is 0 Å². The number of hydrogen-bond donors (Lipinski definition) is 0. The van der Waals surface area contributed by atoms with E-state index in [0.29, 0.717) is 17.4 Å². The number of pyridine rings is 2. The molecule has 0 amide bonds. The van der Waals surface area contributed by atoms with Crippen LogP contribution in [0.25, 0.3) is 10.9 Å². The summed E-state index contributed by atoms with van der Waals surface area (Å²) in [5, 5.41) is 1.09. The molecule has 0 unspecified atom stereocenters. The zero-order valence-corrected chi connectivity index (χ0v) is 16.2. The predicted octanol–water partition coefficient (Wildman–Crippen LogP) is 4.27. The average molecular weight is 381 g/mol. The maximum absolute atomic E-state index is 13.7. The lowest BCUT2D eigenvalue weighted by Crippen LogP contribution is -2.33. The molecule has 5 nitrogen and oxygen atoms in total. The van der Waals surface area contributed by atoms with Crippen LogP contribution in [0.2, 0.25) is 0 Å². The van der Waals surface area contributed by atoms with Gasteiger partial charge in [0.1, 0.15) is 12.4 Å². The minimum atomic E-state index is -0.502. The Hall–Kier alpha value is -2.73. The fraction of sp³-hybridized carbons (Fsp3) is 0.364. The summed E-state index contributed by atoms with van der Waals surface area (Å²) < 4.78 is 24.9. The number of rotatable bonds is 6. The maximum Gasteiger partial charge on any atom is 0.219 e. The summed E-state index contributed by atoms with van der Waals surface area (Å²) in [7, 11) is 1.75. The quantitative estimate of drug-likeness (QED) is 0.597. The van der Waals surface area contributed by atoms with Gasteiger partial charge < -0.3 is 14.4 Å². The van der Waals surface area contributed by atoms with Gasteiger partial charge in [-0.2, -0.15) is 4.39 Å². The van der Waals surface area contributed by atoms with E-state index in [1.54, 1.807) is 19.2 Å². The van der Waals surface area contributed by atoms with Crippen LogP contribution in [0.1, 0.15) is 24.1 Å². The number of hydrogen-bond acceptors (Lipinski definition) is 5. The summed E-state index contributed by atoms with van der Waals surface area (Å²) in [6.07, 6.45) is 3.72. The zero-order chi connectivity index (χ0) is 19.5. The SMILES string of the molecule is COC[C@@H]1CCCN1c1cc(C)nc2cc(OCc3cccnc3F)ccc12. The Kier molecular flexibility index (Phi) is 5.39. The second-order valence-corrected chi connectivity index (χ2v) is 7.15. The molecule has 1 aliphatic rings. The van der Waals surface area contributed by atoms with Crippen molar-refractivity contribution in [3.8, 4) is 5.75 Å². The Morgan fingerprint density at radius 1 is 1.25 bits per heavy atom. The first-order chi connectivity index (χ1) is 13.7. The molecule has 1 aliphatic heterocycles. The highest BCUT2D eigenvalue weighted by molar-refractivity contribution is 5.93. The predicted molar refractivity (Wildman–Crippen MR) is 107 cm³/mol. The molecule has 28 heavy (non-hydrogen) atoms. The van der Waals surface area contributed by atoms with Gasteiger partial charge in [-0.3, -0.25) is 4.98 Å². The molecule has 6 heteroatoms. The van der Waals surface area contributed by atoms with Crippen LogP contribution in [0.15, 0.2) is 42.6 Å². The number of nitrogens with zero attached hydrogens (tertiary/aromatic N) is 3. The summed E-state index contributed by atoms with van der Waals surface area (Å²) in [6.45, 7) is 3.88. The Morgan fingerprint density at radius 2 is 2.14 bits per heavy atom. The van der Waals surface area contributed by atoms with Gasteiger partial charge in [-0.1, -0.05) is 0 Å². The molecule has 0 bridgehead atoms. The molecule has 0 saturated carbocycles. The van der Waals surface area contributed by atoms with Crippen LogP contribution in [0.5, 0.6) is 5.75 Å². The fourth-order valence-electron chi connectivity index (χ4n) is 3.85. The molecule has 2 aromatic heterocycles. The van der Waals surface area contributed by atoms with Crippen LogP contribution in [0.3, 0.4) is 0 Å². The van der Waals surface area contributed by atoms with E-state index in [1.807, 2.05) is 25.1 Å². The van der Waals surface area contributed by atoms with Crippen molar-refractivity contribution in [2.24, 2.45) is 0 Å². The second kappa shape index (κ2) is 8.10. The molecule has 1 saturated heterocycles. The number of fused-ring (bicyclic) bond motifs is 1. The van der Waals surface area contributed by atoms with Crippen LogP contribution in [-0.2, 0) is 11.3 Å². The highest BCUT2D eigenvalue weighted by atomic mass is 19.1. The number of ether oxygens (including phenoxy) is 2. The fourth-order valence-corrected chi connectivity index (χ4v) is 3.85. The van der Waals surface area contributed by atoms with Crippen molar-refractivity contribution in [3.05, 3.63) is 59.8 Å². The molecule has 146 valence electrons. The van der Waals surface area contributed by atoms with Crippen molar-refractivity contribution >= 4 is 16.6 Å². The lowest BCUT2D eigenvalue weighted by molar-refractivity contribution is 0.181. The van der Waals surface area contributed by atoms with Crippen LogP contribution < -0.4 is 9.64 Å². The van der Waals surface area contributed by atoms with Crippen molar-refractivity contribution in [2.75, 3.05) is 25.2 Å². The number of aryl methyl sites for hydroxylation is 1. The first-order valence-electron chi connectivity index (χ1n) is 9.55. The molecule has 0 N–H and O–H groups in total. The molecule has 0 spiro atoms. The number of methoxy groups -OCH3 is 1. The second-order valence-electron chi connectivity index (χ2n) is 7.15. The highest BCUT2D eigenvalue weighted by Gasteiger charge is 2.26. The molecule has 1 fully saturated rings. The third-order valence-corrected chi connectivity index (χ3v) is 5.16. The molecule has 1 atom stereocenters. The van der Waals surface area contributed by atoms with Gasteiger partial charge in [0.25, 0.3) is 0 Å². The first kappa shape index (κ1) is 18.6. The minimum absolute atomic E-state index is 0.131. The van der Waals surface area contributed by atoms with Gasteiger partial charge in [0, 0.05) is 48.2 Å². The normalized spacial score (nSPS) is 16.7. The molecule has 3 aromatic rings. The number of benzene rings is 1. The average Bonchev–Trinajstić information content (AvgIpc) is 3.15. The highest BCUT2D eigenvalue weighted by Crippen LogP contribution is 2.34. The molecule has 3 heterocycles. The van der Waals surface area contributed by atoms with Gasteiger partial charge >= 0.3 is 0 Å². The van der Waals surface area contributed by atoms with E-state index < -0.39 is 5.95 Å². The number of aromatic nitrogens is 2. The van der Waals surface area contributed by atoms with E-state index in [2.05, 4.69) is 20.9 Å². The summed E-state index contributed by atoms with van der Waals surface area (Å²) >= 11 is 0. The minimum Gasteiger partial charge on any atom is -0.489 e. The van der Waals surface area contributed by atoms with E-state index in [-0.39, 0.29) is 6.61 Å². The van der Waals surface area contributed by atoms with E-state index >= 15 is 0 Å².